The van der Waals surface area contributed by atoms with Gasteiger partial charge in [-0.15, -0.1) is 0 Å². The third-order valence-electron chi connectivity index (χ3n) is 6.00. The normalized spacial score (nSPS) is 17.1. The van der Waals surface area contributed by atoms with Crippen LogP contribution in [0.5, 0.6) is 0 Å². The Hall–Kier alpha value is -2.59. The van der Waals surface area contributed by atoms with Crippen molar-refractivity contribution in [2.45, 2.75) is 43.6 Å². The van der Waals surface area contributed by atoms with Crippen LogP contribution in [0.25, 0.3) is 10.9 Å². The molecule has 0 bridgehead atoms. The van der Waals surface area contributed by atoms with E-state index in [1.165, 1.54) is 18.4 Å². The summed E-state index contributed by atoms with van der Waals surface area (Å²) in [6.45, 7) is 0.664. The van der Waals surface area contributed by atoms with Crippen LogP contribution < -0.4 is 11.1 Å². The van der Waals surface area contributed by atoms with Gasteiger partial charge in [0, 0.05) is 29.1 Å². The van der Waals surface area contributed by atoms with Gasteiger partial charge >= 0.3 is 0 Å². The van der Waals surface area contributed by atoms with E-state index in [-0.39, 0.29) is 11.3 Å². The van der Waals surface area contributed by atoms with E-state index in [2.05, 4.69) is 40.6 Å². The van der Waals surface area contributed by atoms with Gasteiger partial charge in [-0.1, -0.05) is 61.4 Å². The Morgan fingerprint density at radius 2 is 1.78 bits per heavy atom. The highest BCUT2D eigenvalue weighted by Crippen LogP contribution is 2.40. The number of hydrogen-bond acceptors (Lipinski definition) is 2. The lowest BCUT2D eigenvalue weighted by Gasteiger charge is -2.30. The third kappa shape index (κ3) is 3.62. The number of rotatable bonds is 6. The molecule has 3 aromatic rings. The van der Waals surface area contributed by atoms with Gasteiger partial charge in [-0.3, -0.25) is 4.79 Å². The quantitative estimate of drug-likeness (QED) is 0.627. The summed E-state index contributed by atoms with van der Waals surface area (Å²) in [5, 5.41) is 4.29. The molecule has 1 heterocycles. The Morgan fingerprint density at radius 3 is 2.56 bits per heavy atom. The molecule has 1 aliphatic rings. The van der Waals surface area contributed by atoms with Crippen molar-refractivity contribution in [3.05, 3.63) is 71.9 Å². The van der Waals surface area contributed by atoms with Crippen LogP contribution >= 0.6 is 0 Å². The fourth-order valence-electron chi connectivity index (χ4n) is 4.43. The van der Waals surface area contributed by atoms with E-state index in [9.17, 15) is 4.79 Å². The molecule has 1 amide bonds. The van der Waals surface area contributed by atoms with Gasteiger partial charge in [0.15, 0.2) is 0 Å². The Kier molecular flexibility index (Phi) is 4.99. The summed E-state index contributed by atoms with van der Waals surface area (Å²) in [6, 6.07) is 18.1. The molecule has 1 atom stereocenters. The molecule has 0 saturated heterocycles. The van der Waals surface area contributed by atoms with Crippen LogP contribution in [-0.4, -0.2) is 23.5 Å². The molecule has 1 aromatic heterocycles. The van der Waals surface area contributed by atoms with Crippen molar-refractivity contribution in [3.63, 3.8) is 0 Å². The maximum Gasteiger partial charge on any atom is 0.237 e. The zero-order valence-corrected chi connectivity index (χ0v) is 15.6. The lowest BCUT2D eigenvalue weighted by molar-refractivity contribution is -0.122. The molecule has 27 heavy (non-hydrogen) atoms. The monoisotopic (exact) mass is 361 g/mol. The number of hydrogen-bond donors (Lipinski definition) is 3. The molecular formula is C23H27N3O. The largest absolute Gasteiger partial charge is 0.361 e. The number of aromatic nitrogens is 1. The summed E-state index contributed by atoms with van der Waals surface area (Å²) in [5.74, 6) is -0.0671. The second kappa shape index (κ2) is 7.57. The van der Waals surface area contributed by atoms with Crippen molar-refractivity contribution in [1.29, 1.82) is 0 Å². The highest BCUT2D eigenvalue weighted by Gasteiger charge is 2.36. The molecule has 0 radical (unpaired) electrons. The second-order valence-electron chi connectivity index (χ2n) is 7.74. The van der Waals surface area contributed by atoms with Gasteiger partial charge in [0.05, 0.1) is 6.04 Å². The summed E-state index contributed by atoms with van der Waals surface area (Å²) in [6.07, 6.45) is 7.16. The highest BCUT2D eigenvalue weighted by atomic mass is 16.2. The molecule has 1 saturated carbocycles. The van der Waals surface area contributed by atoms with Crippen molar-refractivity contribution < 1.29 is 4.79 Å². The second-order valence-corrected chi connectivity index (χ2v) is 7.74. The zero-order valence-electron chi connectivity index (χ0n) is 15.6. The fourth-order valence-corrected chi connectivity index (χ4v) is 4.43. The van der Waals surface area contributed by atoms with Crippen molar-refractivity contribution >= 4 is 16.8 Å². The SMILES string of the molecule is N[C@@H](Cc1c[nH]c2ccccc12)C(=O)NCC1(c2ccccc2)CCCC1. The summed E-state index contributed by atoms with van der Waals surface area (Å²) in [5.41, 5.74) is 9.79. The van der Waals surface area contributed by atoms with E-state index in [0.29, 0.717) is 13.0 Å². The number of nitrogens with two attached hydrogens (primary N) is 1. The number of carbonyl (C=O) groups is 1. The molecule has 1 aliphatic carbocycles. The van der Waals surface area contributed by atoms with Gasteiger partial charge in [-0.05, 0) is 36.5 Å². The molecule has 2 aromatic carbocycles. The van der Waals surface area contributed by atoms with Gasteiger partial charge < -0.3 is 16.0 Å². The Balaban J connectivity index is 1.42. The number of carbonyl (C=O) groups excluding carboxylic acids is 1. The van der Waals surface area contributed by atoms with Crippen LogP contribution in [-0.2, 0) is 16.6 Å². The molecule has 0 aliphatic heterocycles. The van der Waals surface area contributed by atoms with E-state index in [4.69, 9.17) is 5.73 Å². The van der Waals surface area contributed by atoms with Gasteiger partial charge in [-0.25, -0.2) is 0 Å². The smallest absolute Gasteiger partial charge is 0.237 e. The van der Waals surface area contributed by atoms with Gasteiger partial charge in [0.1, 0.15) is 0 Å². The van der Waals surface area contributed by atoms with Gasteiger partial charge in [0.2, 0.25) is 5.91 Å². The fraction of sp³-hybridized carbons (Fsp3) is 0.348. The first-order valence-corrected chi connectivity index (χ1v) is 9.82. The zero-order chi connectivity index (χ0) is 18.7. The first-order valence-electron chi connectivity index (χ1n) is 9.82. The Bertz CT molecular complexity index is 910. The van der Waals surface area contributed by atoms with Crippen LogP contribution in [0.2, 0.25) is 0 Å². The van der Waals surface area contributed by atoms with E-state index in [1.54, 1.807) is 0 Å². The molecule has 140 valence electrons. The van der Waals surface area contributed by atoms with Crippen molar-refractivity contribution in [3.8, 4) is 0 Å². The highest BCUT2D eigenvalue weighted by molar-refractivity contribution is 5.86. The van der Waals surface area contributed by atoms with E-state index in [1.807, 2.05) is 30.5 Å². The number of benzene rings is 2. The minimum atomic E-state index is -0.543. The first-order chi connectivity index (χ1) is 13.2. The number of nitrogens with one attached hydrogen (secondary N) is 2. The van der Waals surface area contributed by atoms with Crippen LogP contribution in [0.15, 0.2) is 60.8 Å². The third-order valence-corrected chi connectivity index (χ3v) is 6.00. The summed E-state index contributed by atoms with van der Waals surface area (Å²) in [4.78, 5) is 15.9. The molecular weight excluding hydrogens is 334 g/mol. The Morgan fingerprint density at radius 1 is 1.07 bits per heavy atom. The summed E-state index contributed by atoms with van der Waals surface area (Å²) < 4.78 is 0. The standard InChI is InChI=1S/C23H27N3O/c24-20(14-17-15-25-21-11-5-4-10-19(17)21)22(27)26-16-23(12-6-7-13-23)18-8-2-1-3-9-18/h1-5,8-11,15,20,25H,6-7,12-14,16,24H2,(H,26,27)/t20-/m0/s1. The topological polar surface area (TPSA) is 70.9 Å². The first kappa shape index (κ1) is 17.8. The minimum absolute atomic E-state index is 0.0530. The van der Waals surface area contributed by atoms with Crippen LogP contribution in [0.3, 0.4) is 0 Å². The molecule has 1 fully saturated rings. The van der Waals surface area contributed by atoms with E-state index < -0.39 is 6.04 Å². The summed E-state index contributed by atoms with van der Waals surface area (Å²) >= 11 is 0. The van der Waals surface area contributed by atoms with Crippen LogP contribution in [0.4, 0.5) is 0 Å². The number of amides is 1. The predicted molar refractivity (Wildman–Crippen MR) is 110 cm³/mol. The lowest BCUT2D eigenvalue weighted by Crippen LogP contribution is -2.47. The average molecular weight is 361 g/mol. The molecule has 0 spiro atoms. The van der Waals surface area contributed by atoms with Gasteiger partial charge in [-0.2, -0.15) is 0 Å². The molecule has 0 unspecified atom stereocenters. The average Bonchev–Trinajstić information content (AvgIpc) is 3.35. The van der Waals surface area contributed by atoms with E-state index in [0.717, 1.165) is 29.3 Å². The summed E-state index contributed by atoms with van der Waals surface area (Å²) in [7, 11) is 0. The number of para-hydroxylation sites is 1. The van der Waals surface area contributed by atoms with Crippen molar-refractivity contribution in [2.75, 3.05) is 6.54 Å². The molecule has 4 rings (SSSR count). The minimum Gasteiger partial charge on any atom is -0.361 e. The van der Waals surface area contributed by atoms with Gasteiger partial charge in [0.25, 0.3) is 0 Å². The Labute approximate surface area is 160 Å². The molecule has 4 nitrogen and oxygen atoms in total. The van der Waals surface area contributed by atoms with Crippen LogP contribution in [0, 0.1) is 0 Å². The van der Waals surface area contributed by atoms with Crippen LogP contribution in [0.1, 0.15) is 36.8 Å². The maximum absolute atomic E-state index is 12.7. The predicted octanol–water partition coefficient (Wildman–Crippen LogP) is 3.67. The molecule has 4 heteroatoms. The number of aromatic amines is 1. The maximum atomic E-state index is 12.7. The van der Waals surface area contributed by atoms with Crippen molar-refractivity contribution in [2.24, 2.45) is 5.73 Å². The lowest BCUT2D eigenvalue weighted by atomic mass is 9.79. The molecule has 4 N–H and O–H groups in total. The number of fused-ring (bicyclic) bond motifs is 1. The van der Waals surface area contributed by atoms with Crippen molar-refractivity contribution in [1.82, 2.24) is 10.3 Å². The number of H-pyrrole nitrogens is 1. The van der Waals surface area contributed by atoms with E-state index >= 15 is 0 Å².